The van der Waals surface area contributed by atoms with Crippen LogP contribution in [-0.4, -0.2) is 37.2 Å². The predicted octanol–water partition coefficient (Wildman–Crippen LogP) is 15.0. The SMILES string of the molecule is CCCCCCCCCCCC(=O)OC[C@@H](COC(=O)CCCCCCCCCCCCCCCCC(C)C)OC(=O)CCCCCCCCC(C)CC. The second kappa shape index (κ2) is 41.1. The van der Waals surface area contributed by atoms with Crippen LogP contribution in [0.3, 0.4) is 0 Å². The summed E-state index contributed by atoms with van der Waals surface area (Å²) in [5, 5.41) is 0. The van der Waals surface area contributed by atoms with Gasteiger partial charge in [-0.2, -0.15) is 0 Å². The molecule has 0 bridgehead atoms. The lowest BCUT2D eigenvalue weighted by atomic mass is 10.00. The fourth-order valence-electron chi connectivity index (χ4n) is 7.07. The Labute approximate surface area is 336 Å². The van der Waals surface area contributed by atoms with E-state index in [0.29, 0.717) is 19.3 Å². The van der Waals surface area contributed by atoms with E-state index in [1.165, 1.54) is 148 Å². The number of esters is 3. The summed E-state index contributed by atoms with van der Waals surface area (Å²) in [5.74, 6) is 0.795. The monoisotopic (exact) mass is 765 g/mol. The van der Waals surface area contributed by atoms with Crippen molar-refractivity contribution in [2.75, 3.05) is 13.2 Å². The van der Waals surface area contributed by atoms with Crippen LogP contribution in [0.5, 0.6) is 0 Å². The van der Waals surface area contributed by atoms with E-state index in [4.69, 9.17) is 14.2 Å². The zero-order valence-corrected chi connectivity index (χ0v) is 36.8. The van der Waals surface area contributed by atoms with Gasteiger partial charge >= 0.3 is 17.9 Å². The summed E-state index contributed by atoms with van der Waals surface area (Å²) in [7, 11) is 0. The van der Waals surface area contributed by atoms with Crippen LogP contribution in [0.15, 0.2) is 0 Å². The standard InChI is InChI=1S/C48H92O6/c1-6-8-9-10-11-18-22-28-33-38-46(49)52-41-45(54-48(51)40-35-30-25-24-27-32-37-44(5)7-2)42-53-47(50)39-34-29-23-20-17-15-13-12-14-16-19-21-26-31-36-43(3)4/h43-45H,6-42H2,1-5H3/t44?,45-/m0/s1. The van der Waals surface area contributed by atoms with Gasteiger partial charge in [0.1, 0.15) is 13.2 Å². The van der Waals surface area contributed by atoms with Crippen molar-refractivity contribution in [3.05, 3.63) is 0 Å². The van der Waals surface area contributed by atoms with Gasteiger partial charge in [0.15, 0.2) is 6.10 Å². The number of unbranched alkanes of at least 4 members (excludes halogenated alkanes) is 26. The molecule has 6 nitrogen and oxygen atoms in total. The minimum absolute atomic E-state index is 0.0653. The molecule has 0 aliphatic rings. The average Bonchev–Trinajstić information content (AvgIpc) is 3.15. The minimum atomic E-state index is -0.760. The molecule has 0 aliphatic carbocycles. The Kier molecular flexibility index (Phi) is 39.8. The first-order valence-corrected chi connectivity index (χ1v) is 23.8. The first kappa shape index (κ1) is 52.4. The molecule has 0 amide bonds. The molecule has 0 radical (unpaired) electrons. The minimum Gasteiger partial charge on any atom is -0.462 e. The molecule has 0 N–H and O–H groups in total. The maximum absolute atomic E-state index is 12.7. The Bertz CT molecular complexity index is 826. The Morgan fingerprint density at radius 2 is 0.704 bits per heavy atom. The van der Waals surface area contributed by atoms with Crippen molar-refractivity contribution in [1.29, 1.82) is 0 Å². The molecule has 0 aromatic rings. The van der Waals surface area contributed by atoms with E-state index < -0.39 is 6.10 Å². The number of ether oxygens (including phenoxy) is 3. The predicted molar refractivity (Wildman–Crippen MR) is 229 cm³/mol. The van der Waals surface area contributed by atoms with Crippen LogP contribution in [0.4, 0.5) is 0 Å². The lowest BCUT2D eigenvalue weighted by molar-refractivity contribution is -0.167. The lowest BCUT2D eigenvalue weighted by Crippen LogP contribution is -2.30. The number of carbonyl (C=O) groups excluding carboxylic acids is 3. The first-order chi connectivity index (χ1) is 26.3. The highest BCUT2D eigenvalue weighted by atomic mass is 16.6. The molecule has 0 aromatic carbocycles. The highest BCUT2D eigenvalue weighted by Crippen LogP contribution is 2.17. The second-order valence-electron chi connectivity index (χ2n) is 17.1. The van der Waals surface area contributed by atoms with Gasteiger partial charge in [0, 0.05) is 19.3 Å². The Hall–Kier alpha value is -1.59. The smallest absolute Gasteiger partial charge is 0.306 e. The summed E-state index contributed by atoms with van der Waals surface area (Å²) in [6.45, 7) is 11.3. The zero-order valence-electron chi connectivity index (χ0n) is 36.8. The summed E-state index contributed by atoms with van der Waals surface area (Å²) >= 11 is 0. The van der Waals surface area contributed by atoms with Crippen LogP contribution in [0.2, 0.25) is 0 Å². The molecule has 0 aliphatic heterocycles. The first-order valence-electron chi connectivity index (χ1n) is 23.8. The molecule has 0 saturated heterocycles. The molecule has 54 heavy (non-hydrogen) atoms. The molecular weight excluding hydrogens is 673 g/mol. The normalized spacial score (nSPS) is 12.6. The van der Waals surface area contributed by atoms with Crippen LogP contribution in [0.1, 0.15) is 259 Å². The molecule has 0 aromatic heterocycles. The maximum Gasteiger partial charge on any atom is 0.306 e. The third-order valence-corrected chi connectivity index (χ3v) is 11.1. The van der Waals surface area contributed by atoms with Crippen LogP contribution in [-0.2, 0) is 28.6 Å². The molecule has 320 valence electrons. The average molecular weight is 765 g/mol. The highest BCUT2D eigenvalue weighted by Gasteiger charge is 2.19. The van der Waals surface area contributed by atoms with Gasteiger partial charge in [-0.05, 0) is 31.1 Å². The summed E-state index contributed by atoms with van der Waals surface area (Å²) in [6, 6.07) is 0. The van der Waals surface area contributed by atoms with Gasteiger partial charge in [-0.25, -0.2) is 0 Å². The van der Waals surface area contributed by atoms with Gasteiger partial charge in [-0.15, -0.1) is 0 Å². The topological polar surface area (TPSA) is 78.9 Å². The Morgan fingerprint density at radius 3 is 1.06 bits per heavy atom. The summed E-state index contributed by atoms with van der Waals surface area (Å²) in [6.07, 6.45) is 39.5. The van der Waals surface area contributed by atoms with E-state index in [2.05, 4.69) is 34.6 Å². The number of carbonyl (C=O) groups is 3. The van der Waals surface area contributed by atoms with Gasteiger partial charge in [0.2, 0.25) is 0 Å². The number of rotatable bonds is 42. The fourth-order valence-corrected chi connectivity index (χ4v) is 7.07. The third kappa shape index (κ3) is 40.1. The van der Waals surface area contributed by atoms with Gasteiger partial charge in [0.25, 0.3) is 0 Å². The third-order valence-electron chi connectivity index (χ3n) is 11.1. The molecule has 0 heterocycles. The number of hydrogen-bond donors (Lipinski definition) is 0. The fraction of sp³-hybridized carbons (Fsp3) is 0.938. The molecule has 6 heteroatoms. The van der Waals surface area contributed by atoms with E-state index in [-0.39, 0.29) is 31.1 Å². The van der Waals surface area contributed by atoms with E-state index in [1.54, 1.807) is 0 Å². The van der Waals surface area contributed by atoms with Crippen molar-refractivity contribution >= 4 is 17.9 Å². The maximum atomic E-state index is 12.7. The van der Waals surface area contributed by atoms with Crippen molar-refractivity contribution in [3.63, 3.8) is 0 Å². The van der Waals surface area contributed by atoms with Gasteiger partial charge in [-0.1, -0.05) is 221 Å². The van der Waals surface area contributed by atoms with Crippen LogP contribution in [0.25, 0.3) is 0 Å². The molecule has 0 saturated carbocycles. The molecular formula is C48H92O6. The van der Waals surface area contributed by atoms with Crippen LogP contribution < -0.4 is 0 Å². The van der Waals surface area contributed by atoms with E-state index in [9.17, 15) is 14.4 Å². The summed E-state index contributed by atoms with van der Waals surface area (Å²) in [5.41, 5.74) is 0. The van der Waals surface area contributed by atoms with E-state index in [0.717, 1.165) is 69.6 Å². The largest absolute Gasteiger partial charge is 0.462 e. The molecule has 0 rings (SSSR count). The van der Waals surface area contributed by atoms with Crippen molar-refractivity contribution in [2.45, 2.75) is 265 Å². The van der Waals surface area contributed by atoms with Crippen molar-refractivity contribution in [2.24, 2.45) is 11.8 Å². The zero-order chi connectivity index (χ0) is 39.7. The molecule has 1 unspecified atom stereocenters. The summed E-state index contributed by atoms with van der Waals surface area (Å²) < 4.78 is 16.7. The molecule has 0 spiro atoms. The van der Waals surface area contributed by atoms with E-state index in [1.807, 2.05) is 0 Å². The van der Waals surface area contributed by atoms with Crippen molar-refractivity contribution in [3.8, 4) is 0 Å². The number of hydrogen-bond acceptors (Lipinski definition) is 6. The summed E-state index contributed by atoms with van der Waals surface area (Å²) in [4.78, 5) is 37.7. The van der Waals surface area contributed by atoms with Crippen molar-refractivity contribution < 1.29 is 28.6 Å². The van der Waals surface area contributed by atoms with Gasteiger partial charge in [0.05, 0.1) is 0 Å². The van der Waals surface area contributed by atoms with Crippen LogP contribution >= 0.6 is 0 Å². The molecule has 2 atom stereocenters. The Morgan fingerprint density at radius 1 is 0.389 bits per heavy atom. The van der Waals surface area contributed by atoms with Crippen LogP contribution in [0, 0.1) is 11.8 Å². The van der Waals surface area contributed by atoms with Gasteiger partial charge in [-0.3, -0.25) is 14.4 Å². The lowest BCUT2D eigenvalue weighted by Gasteiger charge is -2.18. The second-order valence-corrected chi connectivity index (χ2v) is 17.1. The highest BCUT2D eigenvalue weighted by molar-refractivity contribution is 5.71. The van der Waals surface area contributed by atoms with Gasteiger partial charge < -0.3 is 14.2 Å². The molecule has 0 fully saturated rings. The Balaban J connectivity index is 4.25. The van der Waals surface area contributed by atoms with E-state index >= 15 is 0 Å². The van der Waals surface area contributed by atoms with Crippen molar-refractivity contribution in [1.82, 2.24) is 0 Å². The quantitative estimate of drug-likeness (QED) is 0.0350.